The second kappa shape index (κ2) is 10.2. The largest absolute Gasteiger partial charge is 0.378 e. The zero-order chi connectivity index (χ0) is 21.7. The maximum Gasteiger partial charge on any atom is 0.223 e. The molecular formula is C24H32N2O3S. The van der Waals surface area contributed by atoms with E-state index in [4.69, 9.17) is 4.74 Å². The van der Waals surface area contributed by atoms with Crippen molar-refractivity contribution < 1.29 is 14.3 Å². The minimum atomic E-state index is 0.0140. The molecule has 0 spiro atoms. The lowest BCUT2D eigenvalue weighted by molar-refractivity contribution is -0.133. The van der Waals surface area contributed by atoms with Crippen LogP contribution in [-0.4, -0.2) is 49.9 Å². The molecule has 1 aromatic heterocycles. The predicted molar refractivity (Wildman–Crippen MR) is 123 cm³/mol. The summed E-state index contributed by atoms with van der Waals surface area (Å²) in [7, 11) is 4.02. The van der Waals surface area contributed by atoms with Gasteiger partial charge in [-0.15, -0.1) is 11.3 Å². The lowest BCUT2D eigenvalue weighted by atomic mass is 10.1. The molecule has 0 saturated carbocycles. The average Bonchev–Trinajstić information content (AvgIpc) is 3.34. The summed E-state index contributed by atoms with van der Waals surface area (Å²) in [6, 6.07) is 10.2. The molecular weight excluding hydrogens is 396 g/mol. The number of thiophene rings is 1. The maximum absolute atomic E-state index is 13.0. The van der Waals surface area contributed by atoms with Gasteiger partial charge >= 0.3 is 0 Å². The van der Waals surface area contributed by atoms with Crippen LogP contribution in [-0.2, 0) is 16.1 Å². The van der Waals surface area contributed by atoms with Crippen LogP contribution in [0.4, 0.5) is 5.69 Å². The highest BCUT2D eigenvalue weighted by Gasteiger charge is 2.24. The molecule has 1 saturated heterocycles. The van der Waals surface area contributed by atoms with Gasteiger partial charge in [-0.05, 0) is 50.5 Å². The molecule has 1 aromatic carbocycles. The number of nitrogens with zero attached hydrogens (tertiary/aromatic N) is 2. The predicted octanol–water partition coefficient (Wildman–Crippen LogP) is 4.60. The van der Waals surface area contributed by atoms with Gasteiger partial charge in [0.25, 0.3) is 0 Å². The Hall–Kier alpha value is -2.18. The summed E-state index contributed by atoms with van der Waals surface area (Å²) >= 11 is 1.63. The Bertz CT molecular complexity index is 867. The second-order valence-electron chi connectivity index (χ2n) is 8.22. The highest BCUT2D eigenvalue weighted by atomic mass is 32.1. The molecule has 1 amide bonds. The van der Waals surface area contributed by atoms with E-state index >= 15 is 0 Å². The standard InChI is InChI=1S/C24H32N2O3S/c1-17-14-22(18(2)30-17)23(27)11-12-24(28)26(16-21-6-5-13-29-21)15-19-7-9-20(10-8-19)25(3)4/h7-10,14,21H,5-6,11-13,15-16H2,1-4H3. The molecule has 1 aliphatic rings. The first-order valence-electron chi connectivity index (χ1n) is 10.6. The van der Waals surface area contributed by atoms with Crippen LogP contribution in [0.5, 0.6) is 0 Å². The molecule has 1 atom stereocenters. The minimum Gasteiger partial charge on any atom is -0.378 e. The lowest BCUT2D eigenvalue weighted by Crippen LogP contribution is -2.37. The molecule has 0 bridgehead atoms. The van der Waals surface area contributed by atoms with E-state index in [2.05, 4.69) is 29.2 Å². The quantitative estimate of drug-likeness (QED) is 0.548. The normalized spacial score (nSPS) is 15.9. The number of anilines is 1. The highest BCUT2D eigenvalue weighted by Crippen LogP contribution is 2.23. The van der Waals surface area contributed by atoms with Crippen molar-refractivity contribution in [3.63, 3.8) is 0 Å². The van der Waals surface area contributed by atoms with E-state index in [0.717, 1.165) is 46.0 Å². The molecule has 162 valence electrons. The van der Waals surface area contributed by atoms with Gasteiger partial charge in [-0.25, -0.2) is 0 Å². The van der Waals surface area contributed by atoms with Crippen molar-refractivity contribution in [1.29, 1.82) is 0 Å². The van der Waals surface area contributed by atoms with Crippen LogP contribution in [0.3, 0.4) is 0 Å². The summed E-state index contributed by atoms with van der Waals surface area (Å²) in [4.78, 5) is 31.7. The number of benzene rings is 1. The van der Waals surface area contributed by atoms with E-state index in [0.29, 0.717) is 13.1 Å². The molecule has 0 N–H and O–H groups in total. The Morgan fingerprint density at radius 1 is 1.13 bits per heavy atom. The molecule has 6 heteroatoms. The Kier molecular flexibility index (Phi) is 7.67. The van der Waals surface area contributed by atoms with Crippen molar-refractivity contribution in [2.75, 3.05) is 32.1 Å². The van der Waals surface area contributed by atoms with Crippen molar-refractivity contribution in [2.24, 2.45) is 0 Å². The van der Waals surface area contributed by atoms with Crippen LogP contribution < -0.4 is 4.90 Å². The van der Waals surface area contributed by atoms with Gasteiger partial charge in [0.2, 0.25) is 5.91 Å². The molecule has 2 aromatic rings. The summed E-state index contributed by atoms with van der Waals surface area (Å²) in [6.45, 7) is 5.86. The van der Waals surface area contributed by atoms with Crippen LogP contribution >= 0.6 is 11.3 Å². The van der Waals surface area contributed by atoms with Crippen molar-refractivity contribution in [3.8, 4) is 0 Å². The van der Waals surface area contributed by atoms with E-state index < -0.39 is 0 Å². The van der Waals surface area contributed by atoms with Crippen molar-refractivity contribution in [2.45, 2.75) is 52.2 Å². The van der Waals surface area contributed by atoms with E-state index in [9.17, 15) is 9.59 Å². The number of Topliss-reactive ketones (excluding diaryl/α,β-unsaturated/α-hetero) is 1. The number of ketones is 1. The lowest BCUT2D eigenvalue weighted by Gasteiger charge is -2.26. The Morgan fingerprint density at radius 2 is 1.87 bits per heavy atom. The van der Waals surface area contributed by atoms with Gasteiger partial charge in [-0.2, -0.15) is 0 Å². The Morgan fingerprint density at radius 3 is 2.43 bits per heavy atom. The summed E-state index contributed by atoms with van der Waals surface area (Å²) in [5, 5.41) is 0. The van der Waals surface area contributed by atoms with Gasteiger partial charge < -0.3 is 14.5 Å². The minimum absolute atomic E-state index is 0.0140. The third kappa shape index (κ3) is 5.92. The first-order chi connectivity index (χ1) is 14.3. The zero-order valence-electron chi connectivity index (χ0n) is 18.4. The van der Waals surface area contributed by atoms with Gasteiger partial charge in [0, 0.05) is 67.6 Å². The first-order valence-corrected chi connectivity index (χ1v) is 11.4. The molecule has 1 fully saturated rings. The summed E-state index contributed by atoms with van der Waals surface area (Å²) in [5.41, 5.74) is 2.97. The maximum atomic E-state index is 13.0. The number of ether oxygens (including phenoxy) is 1. The third-order valence-electron chi connectivity index (χ3n) is 5.53. The van der Waals surface area contributed by atoms with Gasteiger partial charge in [0.05, 0.1) is 6.10 Å². The van der Waals surface area contributed by atoms with E-state index in [-0.39, 0.29) is 30.6 Å². The number of amides is 1. The smallest absolute Gasteiger partial charge is 0.223 e. The number of rotatable bonds is 9. The number of hydrogen-bond donors (Lipinski definition) is 0. The number of aryl methyl sites for hydroxylation is 2. The molecule has 5 nitrogen and oxygen atoms in total. The first kappa shape index (κ1) is 22.5. The molecule has 0 radical (unpaired) electrons. The SMILES string of the molecule is Cc1cc(C(=O)CCC(=O)N(Cc2ccc(N(C)C)cc2)CC2CCCO2)c(C)s1. The van der Waals surface area contributed by atoms with Crippen LogP contribution in [0.25, 0.3) is 0 Å². The molecule has 3 rings (SSSR count). The van der Waals surface area contributed by atoms with Gasteiger partial charge in [-0.1, -0.05) is 12.1 Å². The number of carbonyl (C=O) groups is 2. The third-order valence-corrected chi connectivity index (χ3v) is 6.50. The summed E-state index contributed by atoms with van der Waals surface area (Å²) in [5.74, 6) is 0.0674. The molecule has 0 aliphatic carbocycles. The topological polar surface area (TPSA) is 49.9 Å². The number of hydrogen-bond acceptors (Lipinski definition) is 5. The molecule has 30 heavy (non-hydrogen) atoms. The van der Waals surface area contributed by atoms with Gasteiger partial charge in [0.15, 0.2) is 5.78 Å². The van der Waals surface area contributed by atoms with Gasteiger partial charge in [-0.3, -0.25) is 9.59 Å². The van der Waals surface area contributed by atoms with Crippen molar-refractivity contribution >= 4 is 28.7 Å². The fourth-order valence-electron chi connectivity index (χ4n) is 3.83. The second-order valence-corrected chi connectivity index (χ2v) is 9.68. The van der Waals surface area contributed by atoms with Crippen LogP contribution in [0.1, 0.15) is 51.4 Å². The van der Waals surface area contributed by atoms with Crippen molar-refractivity contribution in [1.82, 2.24) is 4.90 Å². The monoisotopic (exact) mass is 428 g/mol. The zero-order valence-corrected chi connectivity index (χ0v) is 19.3. The van der Waals surface area contributed by atoms with Crippen LogP contribution in [0.2, 0.25) is 0 Å². The molecule has 2 heterocycles. The molecule has 1 aliphatic heterocycles. The Labute approximate surface area is 183 Å². The molecule has 1 unspecified atom stereocenters. The van der Waals surface area contributed by atoms with Crippen LogP contribution in [0, 0.1) is 13.8 Å². The van der Waals surface area contributed by atoms with Gasteiger partial charge in [0.1, 0.15) is 0 Å². The van der Waals surface area contributed by atoms with Crippen molar-refractivity contribution in [3.05, 3.63) is 51.2 Å². The highest BCUT2D eigenvalue weighted by molar-refractivity contribution is 7.12. The van der Waals surface area contributed by atoms with E-state index in [1.165, 1.54) is 0 Å². The van der Waals surface area contributed by atoms with E-state index in [1.54, 1.807) is 11.3 Å². The van der Waals surface area contributed by atoms with Crippen LogP contribution in [0.15, 0.2) is 30.3 Å². The summed E-state index contributed by atoms with van der Waals surface area (Å²) in [6.07, 6.45) is 2.59. The fourth-order valence-corrected chi connectivity index (χ4v) is 4.77. The Balaban J connectivity index is 1.65. The average molecular weight is 429 g/mol. The van der Waals surface area contributed by atoms with E-state index in [1.807, 2.05) is 38.9 Å². The fraction of sp³-hybridized carbons (Fsp3) is 0.500. The number of carbonyl (C=O) groups excluding carboxylic acids is 2. The summed E-state index contributed by atoms with van der Waals surface area (Å²) < 4.78 is 5.77.